The number of aromatic amines is 2. The van der Waals surface area contributed by atoms with Gasteiger partial charge in [-0.05, 0) is 29.8 Å². The summed E-state index contributed by atoms with van der Waals surface area (Å²) in [6.45, 7) is 0.314. The molecule has 0 radical (unpaired) electrons. The van der Waals surface area contributed by atoms with Crippen molar-refractivity contribution in [3.63, 3.8) is 0 Å². The van der Waals surface area contributed by atoms with Gasteiger partial charge in [-0.1, -0.05) is 6.07 Å². The molecule has 0 saturated heterocycles. The molecule has 5 rings (SSSR count). The number of rotatable bonds is 6. The minimum Gasteiger partial charge on any atom is -0.454 e. The fourth-order valence-corrected chi connectivity index (χ4v) is 3.35. The van der Waals surface area contributed by atoms with Crippen molar-refractivity contribution in [2.75, 3.05) is 12.4 Å². The van der Waals surface area contributed by atoms with Gasteiger partial charge in [-0.25, -0.2) is 0 Å². The van der Waals surface area contributed by atoms with Crippen LogP contribution >= 0.6 is 0 Å². The van der Waals surface area contributed by atoms with E-state index in [1.807, 2.05) is 18.2 Å². The molecule has 0 atom stereocenters. The number of anilines is 1. The molecule has 160 valence electrons. The van der Waals surface area contributed by atoms with E-state index in [9.17, 15) is 9.59 Å². The topological polar surface area (TPSA) is 147 Å². The second-order valence-electron chi connectivity index (χ2n) is 7.05. The monoisotopic (exact) mass is 430 g/mol. The van der Waals surface area contributed by atoms with Crippen molar-refractivity contribution < 1.29 is 14.0 Å². The number of carbonyl (C=O) groups excluding carboxylic acids is 2. The summed E-state index contributed by atoms with van der Waals surface area (Å²) >= 11 is 0. The Hall–Kier alpha value is -4.67. The van der Waals surface area contributed by atoms with Crippen molar-refractivity contribution in [3.05, 3.63) is 72.3 Å². The second kappa shape index (κ2) is 7.87. The third kappa shape index (κ3) is 3.62. The molecule has 0 fully saturated rings. The summed E-state index contributed by atoms with van der Waals surface area (Å²) in [7, 11) is 1.54. The van der Waals surface area contributed by atoms with Crippen LogP contribution in [0.5, 0.6) is 0 Å². The quantitative estimate of drug-likeness (QED) is 0.325. The summed E-state index contributed by atoms with van der Waals surface area (Å²) < 4.78 is 7.09. The molecule has 0 aliphatic carbocycles. The smallest absolute Gasteiger partial charge is 0.286 e. The van der Waals surface area contributed by atoms with Crippen LogP contribution in [0.4, 0.5) is 5.69 Å². The van der Waals surface area contributed by atoms with E-state index >= 15 is 0 Å². The third-order valence-corrected chi connectivity index (χ3v) is 4.93. The van der Waals surface area contributed by atoms with Crippen molar-refractivity contribution in [2.45, 2.75) is 6.54 Å². The molecular weight excluding hydrogens is 412 g/mol. The Morgan fingerprint density at radius 2 is 2.03 bits per heavy atom. The summed E-state index contributed by atoms with van der Waals surface area (Å²) in [5, 5.41) is 24.1. The highest BCUT2D eigenvalue weighted by molar-refractivity contribution is 6.11. The predicted molar refractivity (Wildman–Crippen MR) is 115 cm³/mol. The lowest BCUT2D eigenvalue weighted by Gasteiger charge is -2.01. The van der Waals surface area contributed by atoms with Crippen molar-refractivity contribution in [1.82, 2.24) is 35.5 Å². The molecule has 0 aliphatic heterocycles. The SMILES string of the molecule is CNC(=O)c1ccc(Cn2cc(NC(=O)c3n[nH]c4cc(-c5cn[nH]c5)ccc34)cn2)o1. The fraction of sp³-hybridized carbons (Fsp3) is 0.0952. The van der Waals surface area contributed by atoms with Gasteiger partial charge in [0.2, 0.25) is 0 Å². The molecule has 4 aromatic heterocycles. The van der Waals surface area contributed by atoms with Gasteiger partial charge < -0.3 is 15.1 Å². The number of nitrogens with zero attached hydrogens (tertiary/aromatic N) is 4. The van der Waals surface area contributed by atoms with Crippen molar-refractivity contribution in [1.29, 1.82) is 0 Å². The molecule has 11 nitrogen and oxygen atoms in total. The van der Waals surface area contributed by atoms with Crippen molar-refractivity contribution in [3.8, 4) is 11.1 Å². The molecule has 32 heavy (non-hydrogen) atoms. The number of carbonyl (C=O) groups is 2. The summed E-state index contributed by atoms with van der Waals surface area (Å²) in [5.41, 5.74) is 3.45. The van der Waals surface area contributed by atoms with Crippen LogP contribution in [0.25, 0.3) is 22.0 Å². The maximum atomic E-state index is 12.8. The average Bonchev–Trinajstić information content (AvgIpc) is 3.59. The minimum absolute atomic E-state index is 0.226. The summed E-state index contributed by atoms with van der Waals surface area (Å²) in [5.74, 6) is 0.139. The highest BCUT2D eigenvalue weighted by Gasteiger charge is 2.16. The molecule has 4 heterocycles. The van der Waals surface area contributed by atoms with Crippen molar-refractivity contribution in [2.24, 2.45) is 0 Å². The van der Waals surface area contributed by atoms with E-state index in [-0.39, 0.29) is 23.3 Å². The van der Waals surface area contributed by atoms with Crippen LogP contribution in [0.2, 0.25) is 0 Å². The first-order valence-corrected chi connectivity index (χ1v) is 9.72. The van der Waals surface area contributed by atoms with E-state index in [0.717, 1.165) is 16.6 Å². The zero-order valence-electron chi connectivity index (χ0n) is 16.9. The largest absolute Gasteiger partial charge is 0.454 e. The lowest BCUT2D eigenvalue weighted by molar-refractivity contribution is 0.0933. The number of hydrogen-bond acceptors (Lipinski definition) is 6. The Bertz CT molecular complexity index is 1410. The van der Waals surface area contributed by atoms with Crippen molar-refractivity contribution >= 4 is 28.4 Å². The van der Waals surface area contributed by atoms with Gasteiger partial charge in [-0.15, -0.1) is 0 Å². The first kappa shape index (κ1) is 19.3. The third-order valence-electron chi connectivity index (χ3n) is 4.93. The Kier molecular flexibility index (Phi) is 4.75. The van der Waals surface area contributed by atoms with Gasteiger partial charge in [0.25, 0.3) is 11.8 Å². The molecule has 0 saturated carbocycles. The van der Waals surface area contributed by atoms with E-state index in [4.69, 9.17) is 4.42 Å². The average molecular weight is 430 g/mol. The summed E-state index contributed by atoms with van der Waals surface area (Å²) in [6.07, 6.45) is 6.73. The molecule has 0 unspecified atom stereocenters. The molecule has 0 aliphatic rings. The second-order valence-corrected chi connectivity index (χ2v) is 7.05. The van der Waals surface area contributed by atoms with E-state index < -0.39 is 0 Å². The standard InChI is InChI=1S/C21H18N8O3/c1-22-20(30)18-5-3-15(32-18)11-29-10-14(9-25-29)26-21(31)19-16-4-2-12(6-17(16)27-28-19)13-7-23-24-8-13/h2-10H,11H2,1H3,(H,22,30)(H,23,24)(H,26,31)(H,27,28). The van der Waals surface area contributed by atoms with Crippen LogP contribution < -0.4 is 10.6 Å². The lowest BCUT2D eigenvalue weighted by Crippen LogP contribution is -2.16. The highest BCUT2D eigenvalue weighted by atomic mass is 16.4. The number of fused-ring (bicyclic) bond motifs is 1. The molecule has 2 amide bonds. The normalized spacial score (nSPS) is 11.0. The van der Waals surface area contributed by atoms with Gasteiger partial charge in [-0.2, -0.15) is 15.3 Å². The van der Waals surface area contributed by atoms with Gasteiger partial charge in [0.1, 0.15) is 5.76 Å². The highest BCUT2D eigenvalue weighted by Crippen LogP contribution is 2.24. The Balaban J connectivity index is 1.29. The van der Waals surface area contributed by atoms with Crippen LogP contribution in [0.3, 0.4) is 0 Å². The predicted octanol–water partition coefficient (Wildman–Crippen LogP) is 2.40. The number of amides is 2. The Morgan fingerprint density at radius 3 is 2.84 bits per heavy atom. The number of benzene rings is 1. The number of aromatic nitrogens is 6. The Labute approximate surface area is 180 Å². The Morgan fingerprint density at radius 1 is 1.12 bits per heavy atom. The molecular formula is C21H18N8O3. The lowest BCUT2D eigenvalue weighted by atomic mass is 10.1. The molecule has 1 aromatic carbocycles. The molecule has 0 spiro atoms. The maximum Gasteiger partial charge on any atom is 0.286 e. The minimum atomic E-state index is -0.355. The van der Waals surface area contributed by atoms with Crippen LogP contribution in [0.1, 0.15) is 26.8 Å². The zero-order chi connectivity index (χ0) is 22.1. The van der Waals surface area contributed by atoms with E-state index in [1.165, 1.54) is 13.2 Å². The maximum absolute atomic E-state index is 12.8. The molecule has 5 aromatic rings. The number of furan rings is 1. The van der Waals surface area contributed by atoms with Crippen LogP contribution in [-0.4, -0.2) is 49.0 Å². The summed E-state index contributed by atoms with van der Waals surface area (Å²) in [6, 6.07) is 8.98. The zero-order valence-corrected chi connectivity index (χ0v) is 16.9. The first-order valence-electron chi connectivity index (χ1n) is 9.72. The number of hydrogen-bond donors (Lipinski definition) is 4. The number of H-pyrrole nitrogens is 2. The van der Waals surface area contributed by atoms with Gasteiger partial charge in [0, 0.05) is 30.4 Å². The van der Waals surface area contributed by atoms with E-state index in [0.29, 0.717) is 23.4 Å². The van der Waals surface area contributed by atoms with Crippen LogP contribution in [-0.2, 0) is 6.54 Å². The first-order chi connectivity index (χ1) is 15.6. The van der Waals surface area contributed by atoms with Gasteiger partial charge in [-0.3, -0.25) is 24.5 Å². The van der Waals surface area contributed by atoms with Crippen LogP contribution in [0.15, 0.2) is 59.5 Å². The van der Waals surface area contributed by atoms with Gasteiger partial charge in [0.15, 0.2) is 11.5 Å². The molecule has 11 heteroatoms. The van der Waals surface area contributed by atoms with Gasteiger partial charge >= 0.3 is 0 Å². The number of nitrogens with one attached hydrogen (secondary N) is 4. The fourth-order valence-electron chi connectivity index (χ4n) is 3.35. The van der Waals surface area contributed by atoms with E-state index in [1.54, 1.807) is 35.4 Å². The molecule has 0 bridgehead atoms. The van der Waals surface area contributed by atoms with E-state index in [2.05, 4.69) is 36.1 Å². The molecule has 4 N–H and O–H groups in total. The summed E-state index contributed by atoms with van der Waals surface area (Å²) in [4.78, 5) is 24.4. The van der Waals surface area contributed by atoms with Crippen LogP contribution in [0, 0.1) is 0 Å². The van der Waals surface area contributed by atoms with Gasteiger partial charge in [0.05, 0.1) is 30.1 Å².